The van der Waals surface area contributed by atoms with Crippen molar-refractivity contribution in [3.63, 3.8) is 0 Å². The molecule has 1 heterocycles. The Morgan fingerprint density at radius 1 is 1.14 bits per heavy atom. The summed E-state index contributed by atoms with van der Waals surface area (Å²) in [6, 6.07) is 12.4. The molecule has 2 unspecified atom stereocenters. The van der Waals surface area contributed by atoms with Crippen LogP contribution < -0.4 is 0 Å². The minimum atomic E-state index is -1.05. The molecule has 5 rings (SSSR count). The average Bonchev–Trinajstić information content (AvgIpc) is 3.09. The fourth-order valence-electron chi connectivity index (χ4n) is 6.17. The lowest BCUT2D eigenvalue weighted by atomic mass is 9.48. The number of para-hydroxylation sites is 1. The van der Waals surface area contributed by atoms with E-state index in [-0.39, 0.29) is 11.3 Å². The van der Waals surface area contributed by atoms with Gasteiger partial charge in [-0.1, -0.05) is 25.1 Å². The van der Waals surface area contributed by atoms with Crippen molar-refractivity contribution in [2.24, 2.45) is 11.3 Å². The van der Waals surface area contributed by atoms with Crippen molar-refractivity contribution in [3.8, 4) is 0 Å². The smallest absolute Gasteiger partial charge is 0.314 e. The minimum absolute atomic E-state index is 0.212. The zero-order valence-electron chi connectivity index (χ0n) is 17.0. The van der Waals surface area contributed by atoms with Crippen LogP contribution in [0, 0.1) is 11.3 Å². The summed E-state index contributed by atoms with van der Waals surface area (Å²) in [6.07, 6.45) is 0.253. The first kappa shape index (κ1) is 18.6. The number of aliphatic hydroxyl groups excluding tert-OH is 2. The number of esters is 1. The molecule has 2 aliphatic rings. The molecule has 3 aromatic rings. The number of carbonyl (C=O) groups is 1. The number of rotatable bonds is 1. The van der Waals surface area contributed by atoms with Crippen LogP contribution >= 0.6 is 0 Å². The molecule has 2 aromatic carbocycles. The molecule has 29 heavy (non-hydrogen) atoms. The van der Waals surface area contributed by atoms with Gasteiger partial charge in [-0.3, -0.25) is 4.79 Å². The molecule has 2 aliphatic carbocycles. The lowest BCUT2D eigenvalue weighted by molar-refractivity contribution is -0.177. The number of hydrogen-bond donors (Lipinski definition) is 3. The third-order valence-electron chi connectivity index (χ3n) is 7.86. The molecule has 5 atom stereocenters. The van der Waals surface area contributed by atoms with E-state index in [1.165, 1.54) is 7.11 Å². The van der Waals surface area contributed by atoms with E-state index >= 15 is 0 Å². The van der Waals surface area contributed by atoms with Gasteiger partial charge in [-0.05, 0) is 66.8 Å². The zero-order chi connectivity index (χ0) is 20.6. The Balaban J connectivity index is 1.76. The summed E-state index contributed by atoms with van der Waals surface area (Å²) < 4.78 is 5.11. The van der Waals surface area contributed by atoms with Gasteiger partial charge in [0, 0.05) is 21.8 Å². The standard InChI is InChI=1S/C24H27NO4/c1-23-9-8-21(27)24(2,22(28)29-3)20(23)12-19(26)15-11-18-14(10-16(15)23)13-6-4-5-7-17(13)25-18/h4-7,10-11,19-21,25-27H,8-9,12H2,1-3H3/t19-,20-,21?,23?,24+/m1/s1. The van der Waals surface area contributed by atoms with Gasteiger partial charge >= 0.3 is 5.97 Å². The predicted molar refractivity (Wildman–Crippen MR) is 112 cm³/mol. The molecule has 0 aliphatic heterocycles. The molecule has 0 amide bonds. The molecule has 1 fully saturated rings. The van der Waals surface area contributed by atoms with Crippen molar-refractivity contribution >= 4 is 27.8 Å². The van der Waals surface area contributed by atoms with Crippen LogP contribution in [0.1, 0.15) is 50.3 Å². The number of hydrogen-bond acceptors (Lipinski definition) is 4. The lowest BCUT2D eigenvalue weighted by Crippen LogP contribution is -2.59. The first-order valence-corrected chi connectivity index (χ1v) is 10.3. The number of benzene rings is 2. The average molecular weight is 393 g/mol. The van der Waals surface area contributed by atoms with Crippen molar-refractivity contribution in [1.29, 1.82) is 0 Å². The largest absolute Gasteiger partial charge is 0.469 e. The van der Waals surface area contributed by atoms with Gasteiger partial charge in [0.1, 0.15) is 0 Å². The molecule has 0 radical (unpaired) electrons. The van der Waals surface area contributed by atoms with Crippen molar-refractivity contribution in [2.75, 3.05) is 7.11 Å². The van der Waals surface area contributed by atoms with Crippen molar-refractivity contribution in [2.45, 2.75) is 50.7 Å². The number of ether oxygens (including phenoxy) is 1. The Morgan fingerprint density at radius 3 is 2.66 bits per heavy atom. The van der Waals surface area contributed by atoms with Gasteiger partial charge in [0.2, 0.25) is 0 Å². The molecule has 3 N–H and O–H groups in total. The third-order valence-corrected chi connectivity index (χ3v) is 7.86. The van der Waals surface area contributed by atoms with Gasteiger partial charge in [0.25, 0.3) is 0 Å². The topological polar surface area (TPSA) is 82.6 Å². The summed E-state index contributed by atoms with van der Waals surface area (Å²) in [5.74, 6) is -0.610. The van der Waals surface area contributed by atoms with Gasteiger partial charge in [0.05, 0.1) is 24.7 Å². The van der Waals surface area contributed by atoms with Crippen molar-refractivity contribution < 1.29 is 19.7 Å². The number of aromatic amines is 1. The maximum atomic E-state index is 12.8. The monoisotopic (exact) mass is 393 g/mol. The lowest BCUT2D eigenvalue weighted by Gasteiger charge is -2.56. The summed E-state index contributed by atoms with van der Waals surface area (Å²) in [7, 11) is 1.37. The molecular weight excluding hydrogens is 366 g/mol. The van der Waals surface area contributed by atoms with Crippen LogP contribution in [0.15, 0.2) is 36.4 Å². The first-order valence-electron chi connectivity index (χ1n) is 10.3. The number of aliphatic hydroxyl groups is 2. The Hall–Kier alpha value is -2.37. The molecule has 1 saturated carbocycles. The van der Waals surface area contributed by atoms with E-state index in [4.69, 9.17) is 4.74 Å². The third kappa shape index (κ3) is 2.31. The summed E-state index contributed by atoms with van der Waals surface area (Å²) in [5.41, 5.74) is 2.71. The predicted octanol–water partition coefficient (Wildman–Crippen LogP) is 3.97. The second-order valence-corrected chi connectivity index (χ2v) is 9.21. The molecule has 5 heteroatoms. The zero-order valence-corrected chi connectivity index (χ0v) is 17.0. The molecular formula is C24H27NO4. The van der Waals surface area contributed by atoms with E-state index in [1.54, 1.807) is 6.92 Å². The number of aromatic nitrogens is 1. The molecule has 0 bridgehead atoms. The number of fused-ring (bicyclic) bond motifs is 6. The second kappa shape index (κ2) is 6.07. The van der Waals surface area contributed by atoms with Crippen LogP contribution in [0.4, 0.5) is 0 Å². The highest BCUT2D eigenvalue weighted by molar-refractivity contribution is 6.07. The van der Waals surface area contributed by atoms with Crippen LogP contribution in [0.2, 0.25) is 0 Å². The SMILES string of the molecule is COC(=O)[C@]1(C)C(O)CCC2(C)c3cc4c(cc3[C@H](O)C[C@H]21)[nH]c1ccccc14. The van der Waals surface area contributed by atoms with Crippen LogP contribution in [-0.4, -0.2) is 34.4 Å². The second-order valence-electron chi connectivity index (χ2n) is 9.21. The van der Waals surface area contributed by atoms with Crippen LogP contribution in [0.3, 0.4) is 0 Å². The highest BCUT2D eigenvalue weighted by Gasteiger charge is 2.61. The summed E-state index contributed by atoms with van der Waals surface area (Å²) in [4.78, 5) is 16.3. The fourth-order valence-corrected chi connectivity index (χ4v) is 6.17. The van der Waals surface area contributed by atoms with E-state index in [2.05, 4.69) is 36.2 Å². The summed E-state index contributed by atoms with van der Waals surface area (Å²) in [6.45, 7) is 3.98. The van der Waals surface area contributed by atoms with Crippen LogP contribution in [0.5, 0.6) is 0 Å². The maximum absolute atomic E-state index is 12.8. The quantitative estimate of drug-likeness (QED) is 0.547. The van der Waals surface area contributed by atoms with E-state index in [0.717, 1.165) is 39.4 Å². The van der Waals surface area contributed by atoms with E-state index < -0.39 is 23.6 Å². The molecule has 152 valence electrons. The summed E-state index contributed by atoms with van der Waals surface area (Å²) in [5, 5.41) is 24.2. The maximum Gasteiger partial charge on any atom is 0.314 e. The highest BCUT2D eigenvalue weighted by Crippen LogP contribution is 2.60. The van der Waals surface area contributed by atoms with Gasteiger partial charge < -0.3 is 19.9 Å². The Morgan fingerprint density at radius 2 is 1.90 bits per heavy atom. The van der Waals surface area contributed by atoms with Crippen LogP contribution in [-0.2, 0) is 14.9 Å². The normalized spacial score (nSPS) is 34.0. The minimum Gasteiger partial charge on any atom is -0.469 e. The first-order chi connectivity index (χ1) is 13.8. The fraction of sp³-hybridized carbons (Fsp3) is 0.458. The van der Waals surface area contributed by atoms with Crippen molar-refractivity contribution in [3.05, 3.63) is 47.5 Å². The van der Waals surface area contributed by atoms with Crippen molar-refractivity contribution in [1.82, 2.24) is 4.98 Å². The number of carbonyl (C=O) groups excluding carboxylic acids is 1. The molecule has 5 nitrogen and oxygen atoms in total. The van der Waals surface area contributed by atoms with Gasteiger partial charge in [0.15, 0.2) is 0 Å². The van der Waals surface area contributed by atoms with Crippen LogP contribution in [0.25, 0.3) is 21.8 Å². The summed E-state index contributed by atoms with van der Waals surface area (Å²) >= 11 is 0. The Kier molecular flexibility index (Phi) is 3.90. The Bertz CT molecular complexity index is 1130. The highest BCUT2D eigenvalue weighted by atomic mass is 16.5. The van der Waals surface area contributed by atoms with Gasteiger partial charge in [-0.2, -0.15) is 0 Å². The Labute approximate surface area is 169 Å². The van der Waals surface area contributed by atoms with Gasteiger partial charge in [-0.25, -0.2) is 0 Å². The van der Waals surface area contributed by atoms with E-state index in [1.807, 2.05) is 12.1 Å². The van der Waals surface area contributed by atoms with Gasteiger partial charge in [-0.15, -0.1) is 0 Å². The number of nitrogens with one attached hydrogen (secondary N) is 1. The van der Waals surface area contributed by atoms with E-state index in [0.29, 0.717) is 12.8 Å². The van der Waals surface area contributed by atoms with E-state index in [9.17, 15) is 15.0 Å². The number of methoxy groups -OCH3 is 1. The molecule has 0 saturated heterocycles. The molecule has 1 aromatic heterocycles. The number of H-pyrrole nitrogens is 1. The molecule has 0 spiro atoms.